The van der Waals surface area contributed by atoms with Crippen LogP contribution in [0.15, 0.2) is 18.2 Å². The van der Waals surface area contributed by atoms with Crippen molar-refractivity contribution in [1.82, 2.24) is 4.90 Å². The van der Waals surface area contributed by atoms with Gasteiger partial charge in [0.1, 0.15) is 0 Å². The zero-order valence-corrected chi connectivity index (χ0v) is 13.6. The molecule has 1 rings (SSSR count). The molecular weight excluding hydrogens is 290 g/mol. The Labute approximate surface area is 130 Å². The maximum absolute atomic E-state index is 11.9. The molecule has 0 spiro atoms. The maximum atomic E-state index is 11.9. The lowest BCUT2D eigenvalue weighted by Crippen LogP contribution is -2.33. The van der Waals surface area contributed by atoms with Crippen molar-refractivity contribution < 1.29 is 9.59 Å². The largest absolute Gasteiger partial charge is 0.345 e. The Morgan fingerprint density at radius 2 is 1.95 bits per heavy atom. The van der Waals surface area contributed by atoms with Gasteiger partial charge >= 0.3 is 0 Å². The van der Waals surface area contributed by atoms with Gasteiger partial charge in [0.05, 0.1) is 10.7 Å². The lowest BCUT2D eigenvalue weighted by atomic mass is 10.00. The van der Waals surface area contributed by atoms with E-state index in [2.05, 4.69) is 5.32 Å². The van der Waals surface area contributed by atoms with E-state index in [4.69, 9.17) is 17.3 Å². The van der Waals surface area contributed by atoms with Gasteiger partial charge in [0, 0.05) is 31.6 Å². The second-order valence-corrected chi connectivity index (χ2v) is 6.34. The summed E-state index contributed by atoms with van der Waals surface area (Å²) in [7, 11) is 3.33. The minimum Gasteiger partial charge on any atom is -0.345 e. The van der Waals surface area contributed by atoms with Gasteiger partial charge in [-0.2, -0.15) is 0 Å². The normalized spacial score (nSPS) is 11.1. The number of hydrogen-bond donors (Lipinski definition) is 2. The number of nitrogens with zero attached hydrogens (tertiary/aromatic N) is 1. The number of rotatable bonds is 5. The van der Waals surface area contributed by atoms with Crippen molar-refractivity contribution in [1.29, 1.82) is 0 Å². The van der Waals surface area contributed by atoms with Crippen LogP contribution in [0.2, 0.25) is 5.02 Å². The minimum absolute atomic E-state index is 0.148. The lowest BCUT2D eigenvalue weighted by molar-refractivity contribution is -0.116. The number of hydrogen-bond acceptors (Lipinski definition) is 3. The number of nitrogens with two attached hydrogens (primary N) is 1. The summed E-state index contributed by atoms with van der Waals surface area (Å²) in [5.74, 6) is -0.324. The maximum Gasteiger partial charge on any atom is 0.253 e. The summed E-state index contributed by atoms with van der Waals surface area (Å²) < 4.78 is 0. The van der Waals surface area contributed by atoms with Crippen molar-refractivity contribution in [2.75, 3.05) is 19.4 Å². The van der Waals surface area contributed by atoms with E-state index in [1.165, 1.54) is 4.90 Å². The highest BCUT2D eigenvalue weighted by molar-refractivity contribution is 6.33. The van der Waals surface area contributed by atoms with Crippen molar-refractivity contribution in [3.63, 3.8) is 0 Å². The molecule has 0 aliphatic rings. The van der Waals surface area contributed by atoms with Gasteiger partial charge in [-0.25, -0.2) is 0 Å². The minimum atomic E-state index is -0.399. The van der Waals surface area contributed by atoms with Crippen LogP contribution in [0.4, 0.5) is 5.69 Å². The molecule has 0 unspecified atom stereocenters. The number of carbonyl (C=O) groups excluding carboxylic acids is 2. The number of anilines is 1. The van der Waals surface area contributed by atoms with Crippen molar-refractivity contribution in [3.05, 3.63) is 28.8 Å². The quantitative estimate of drug-likeness (QED) is 0.877. The van der Waals surface area contributed by atoms with E-state index >= 15 is 0 Å². The van der Waals surface area contributed by atoms with Crippen LogP contribution in [0.1, 0.15) is 37.0 Å². The molecule has 0 saturated heterocycles. The van der Waals surface area contributed by atoms with Crippen LogP contribution in [-0.2, 0) is 4.79 Å². The van der Waals surface area contributed by atoms with Gasteiger partial charge in [0.25, 0.3) is 5.91 Å². The van der Waals surface area contributed by atoms with Crippen LogP contribution in [-0.4, -0.2) is 36.3 Å². The van der Waals surface area contributed by atoms with E-state index in [9.17, 15) is 9.59 Å². The number of amides is 2. The Morgan fingerprint density at radius 1 is 1.33 bits per heavy atom. The molecule has 0 bridgehead atoms. The van der Waals surface area contributed by atoms with Gasteiger partial charge in [-0.1, -0.05) is 11.6 Å². The van der Waals surface area contributed by atoms with E-state index in [0.717, 1.165) is 0 Å². The van der Waals surface area contributed by atoms with Crippen molar-refractivity contribution in [2.24, 2.45) is 5.73 Å². The SMILES string of the molecule is CN(C)C(=O)c1ccc(Cl)c(NC(=O)CCC(C)(C)N)c1. The highest BCUT2D eigenvalue weighted by Crippen LogP contribution is 2.24. The fourth-order valence-electron chi connectivity index (χ4n) is 1.66. The van der Waals surface area contributed by atoms with E-state index in [1.807, 2.05) is 13.8 Å². The fourth-order valence-corrected chi connectivity index (χ4v) is 1.83. The van der Waals surface area contributed by atoms with Crippen molar-refractivity contribution in [2.45, 2.75) is 32.2 Å². The van der Waals surface area contributed by atoms with Crippen molar-refractivity contribution in [3.8, 4) is 0 Å². The van der Waals surface area contributed by atoms with E-state index in [0.29, 0.717) is 29.1 Å². The predicted octanol–water partition coefficient (Wildman–Crippen LogP) is 2.50. The molecule has 0 fully saturated rings. The summed E-state index contributed by atoms with van der Waals surface area (Å²) >= 11 is 6.05. The van der Waals surface area contributed by atoms with Crippen LogP contribution >= 0.6 is 11.6 Å². The summed E-state index contributed by atoms with van der Waals surface area (Å²) in [5, 5.41) is 3.11. The molecule has 116 valence electrons. The van der Waals surface area contributed by atoms with E-state index < -0.39 is 5.54 Å². The van der Waals surface area contributed by atoms with Gasteiger partial charge in [-0.3, -0.25) is 9.59 Å². The molecule has 0 radical (unpaired) electrons. The summed E-state index contributed by atoms with van der Waals surface area (Å²) in [6, 6.07) is 4.81. The molecule has 0 aliphatic carbocycles. The summed E-state index contributed by atoms with van der Waals surface area (Å²) in [6.45, 7) is 3.73. The van der Waals surface area contributed by atoms with Crippen LogP contribution in [0.5, 0.6) is 0 Å². The third kappa shape index (κ3) is 5.73. The van der Waals surface area contributed by atoms with Crippen LogP contribution in [0, 0.1) is 0 Å². The first-order valence-electron chi connectivity index (χ1n) is 6.70. The molecule has 1 aromatic rings. The third-order valence-electron chi connectivity index (χ3n) is 2.89. The van der Waals surface area contributed by atoms with Crippen molar-refractivity contribution >= 4 is 29.1 Å². The Kier molecular flexibility index (Phi) is 5.75. The summed E-state index contributed by atoms with van der Waals surface area (Å²) in [5.41, 5.74) is 6.35. The van der Waals surface area contributed by atoms with Gasteiger partial charge in [0.15, 0.2) is 0 Å². The third-order valence-corrected chi connectivity index (χ3v) is 3.22. The zero-order valence-electron chi connectivity index (χ0n) is 12.9. The highest BCUT2D eigenvalue weighted by Gasteiger charge is 2.15. The molecule has 6 heteroatoms. The monoisotopic (exact) mass is 311 g/mol. The number of benzene rings is 1. The molecule has 3 N–H and O–H groups in total. The number of carbonyl (C=O) groups is 2. The van der Waals surface area contributed by atoms with Gasteiger partial charge in [-0.05, 0) is 38.5 Å². The molecule has 2 amide bonds. The molecule has 5 nitrogen and oxygen atoms in total. The van der Waals surface area contributed by atoms with Crippen LogP contribution in [0.3, 0.4) is 0 Å². The van der Waals surface area contributed by atoms with Gasteiger partial charge in [0.2, 0.25) is 5.91 Å². The Bertz CT molecular complexity index is 536. The van der Waals surface area contributed by atoms with Crippen LogP contribution < -0.4 is 11.1 Å². The molecule has 0 heterocycles. The average Bonchev–Trinajstić information content (AvgIpc) is 2.37. The standard InChI is InChI=1S/C15H22ClN3O2/c1-15(2,17)8-7-13(20)18-12-9-10(5-6-11(12)16)14(21)19(3)4/h5-6,9H,7-8,17H2,1-4H3,(H,18,20). The Hall–Kier alpha value is -1.59. The number of halogens is 1. The molecule has 0 saturated carbocycles. The second kappa shape index (κ2) is 6.91. The topological polar surface area (TPSA) is 75.4 Å². The summed E-state index contributed by atoms with van der Waals surface area (Å²) in [4.78, 5) is 25.3. The molecular formula is C15H22ClN3O2. The second-order valence-electron chi connectivity index (χ2n) is 5.93. The summed E-state index contributed by atoms with van der Waals surface area (Å²) in [6.07, 6.45) is 0.860. The molecule has 0 atom stereocenters. The van der Waals surface area contributed by atoms with E-state index in [-0.39, 0.29) is 11.8 Å². The van der Waals surface area contributed by atoms with E-state index in [1.54, 1.807) is 32.3 Å². The highest BCUT2D eigenvalue weighted by atomic mass is 35.5. The van der Waals surface area contributed by atoms with Gasteiger partial charge in [-0.15, -0.1) is 0 Å². The predicted molar refractivity (Wildman–Crippen MR) is 85.6 cm³/mol. The smallest absolute Gasteiger partial charge is 0.253 e. The zero-order chi connectivity index (χ0) is 16.2. The molecule has 0 aromatic heterocycles. The Balaban J connectivity index is 2.81. The fraction of sp³-hybridized carbons (Fsp3) is 0.467. The molecule has 21 heavy (non-hydrogen) atoms. The van der Waals surface area contributed by atoms with Gasteiger partial charge < -0.3 is 16.0 Å². The first kappa shape index (κ1) is 17.5. The first-order chi connectivity index (χ1) is 9.60. The average molecular weight is 312 g/mol. The lowest BCUT2D eigenvalue weighted by Gasteiger charge is -2.18. The Morgan fingerprint density at radius 3 is 2.48 bits per heavy atom. The molecule has 0 aliphatic heterocycles. The molecule has 1 aromatic carbocycles. The first-order valence-corrected chi connectivity index (χ1v) is 7.08. The van der Waals surface area contributed by atoms with Crippen LogP contribution in [0.25, 0.3) is 0 Å². The number of nitrogens with one attached hydrogen (secondary N) is 1.